The number of hydrogen-bond acceptors (Lipinski definition) is 4. The number of para-hydroxylation sites is 3. The van der Waals surface area contributed by atoms with Crippen LogP contribution in [0.3, 0.4) is 0 Å². The highest BCUT2D eigenvalue weighted by molar-refractivity contribution is 6.10. The van der Waals surface area contributed by atoms with Crippen molar-refractivity contribution in [2.24, 2.45) is 0 Å². The van der Waals surface area contributed by atoms with Gasteiger partial charge in [0.25, 0.3) is 0 Å². The lowest BCUT2D eigenvalue weighted by Gasteiger charge is -2.31. The van der Waals surface area contributed by atoms with E-state index >= 15 is 0 Å². The molecule has 62 heavy (non-hydrogen) atoms. The largest absolute Gasteiger partial charge is 0.310 e. The number of anilines is 6. The van der Waals surface area contributed by atoms with Gasteiger partial charge in [0.1, 0.15) is 5.82 Å². The fourth-order valence-corrected chi connectivity index (χ4v) is 9.38. The number of aromatic nitrogens is 4. The first-order chi connectivity index (χ1) is 29.8. The van der Waals surface area contributed by atoms with Gasteiger partial charge >= 0.3 is 0 Å². The molecule has 0 saturated carbocycles. The van der Waals surface area contributed by atoms with Crippen molar-refractivity contribution in [1.82, 2.24) is 19.3 Å². The molecule has 308 valence electrons. The Morgan fingerprint density at radius 2 is 1.15 bits per heavy atom. The van der Waals surface area contributed by atoms with E-state index in [1.165, 1.54) is 44.4 Å². The molecule has 6 heteroatoms. The fraction of sp³-hybridized carbons (Fsp3) is 0.214. The number of aryl methyl sites for hydroxylation is 3. The quantitative estimate of drug-likeness (QED) is 0.168. The van der Waals surface area contributed by atoms with E-state index in [0.29, 0.717) is 0 Å². The molecule has 3 aromatic heterocycles. The van der Waals surface area contributed by atoms with Gasteiger partial charge in [0, 0.05) is 45.4 Å². The van der Waals surface area contributed by atoms with Gasteiger partial charge < -0.3 is 9.80 Å². The van der Waals surface area contributed by atoms with Crippen molar-refractivity contribution in [1.29, 1.82) is 0 Å². The molecule has 6 nitrogen and oxygen atoms in total. The van der Waals surface area contributed by atoms with Crippen molar-refractivity contribution in [3.8, 4) is 11.5 Å². The second-order valence-corrected chi connectivity index (χ2v) is 18.9. The number of rotatable bonds is 6. The van der Waals surface area contributed by atoms with E-state index in [1.54, 1.807) is 0 Å². The Hall–Kier alpha value is -6.92. The van der Waals surface area contributed by atoms with Gasteiger partial charge in [-0.3, -0.25) is 4.57 Å². The zero-order valence-corrected chi connectivity index (χ0v) is 37.1. The minimum Gasteiger partial charge on any atom is -0.310 e. The number of nitrogens with zero attached hydrogens (tertiary/aromatic N) is 6. The lowest BCUT2D eigenvalue weighted by Crippen LogP contribution is -2.19. The van der Waals surface area contributed by atoms with Gasteiger partial charge in [0.2, 0.25) is 0 Å². The van der Waals surface area contributed by atoms with Crippen LogP contribution in [0.25, 0.3) is 33.3 Å². The van der Waals surface area contributed by atoms with E-state index in [-0.39, 0.29) is 10.8 Å². The standard InChI is InChI=1S/C56H54N6/c1-37-54(61-49-23-12-9-18-39(49)27-28-40-19-10-13-24-50(40)61)38(2)62(58-37)45-21-17-20-43(35-45)59(46-33-41(55(3,4)5)32-42(34-46)56(6,7)8)44-29-30-48-47-22-11-14-25-51(47)60(52(48)36-44)53-26-15-16-31-57-53/h9-26,29-36H,27-28H2,1-8H3. The summed E-state index contributed by atoms with van der Waals surface area (Å²) >= 11 is 0. The molecule has 0 amide bonds. The molecule has 0 radical (unpaired) electrons. The third kappa shape index (κ3) is 6.75. The third-order valence-corrected chi connectivity index (χ3v) is 12.6. The van der Waals surface area contributed by atoms with E-state index in [1.807, 2.05) is 12.3 Å². The first-order valence-electron chi connectivity index (χ1n) is 21.9. The van der Waals surface area contributed by atoms with Gasteiger partial charge in [-0.25, -0.2) is 9.67 Å². The first kappa shape index (κ1) is 39.2. The van der Waals surface area contributed by atoms with Crippen molar-refractivity contribution >= 4 is 55.9 Å². The minimum atomic E-state index is -0.0659. The monoisotopic (exact) mass is 810 g/mol. The summed E-state index contributed by atoms with van der Waals surface area (Å²) in [7, 11) is 0. The summed E-state index contributed by atoms with van der Waals surface area (Å²) < 4.78 is 4.43. The average Bonchev–Trinajstić information content (AvgIpc) is 3.69. The molecule has 10 rings (SSSR count). The predicted octanol–water partition coefficient (Wildman–Crippen LogP) is 14.6. The normalized spacial score (nSPS) is 13.0. The first-order valence-corrected chi connectivity index (χ1v) is 21.9. The maximum atomic E-state index is 5.33. The van der Waals surface area contributed by atoms with E-state index in [9.17, 15) is 0 Å². The molecule has 0 saturated heterocycles. The van der Waals surface area contributed by atoms with Crippen LogP contribution in [0.1, 0.15) is 75.2 Å². The van der Waals surface area contributed by atoms with Crippen LogP contribution in [0.5, 0.6) is 0 Å². The van der Waals surface area contributed by atoms with Crippen molar-refractivity contribution < 1.29 is 0 Å². The molecule has 0 spiro atoms. The van der Waals surface area contributed by atoms with Crippen molar-refractivity contribution in [2.45, 2.75) is 79.1 Å². The van der Waals surface area contributed by atoms with Gasteiger partial charge in [-0.15, -0.1) is 0 Å². The predicted molar refractivity (Wildman–Crippen MR) is 259 cm³/mol. The molecule has 1 aliphatic heterocycles. The third-order valence-electron chi connectivity index (χ3n) is 12.6. The number of hydrogen-bond donors (Lipinski definition) is 0. The Bertz CT molecular complexity index is 3060. The van der Waals surface area contributed by atoms with Crippen LogP contribution < -0.4 is 9.80 Å². The summed E-state index contributed by atoms with van der Waals surface area (Å²) in [5.74, 6) is 0.893. The molecule has 0 atom stereocenters. The fourth-order valence-electron chi connectivity index (χ4n) is 9.38. The number of fused-ring (bicyclic) bond motifs is 5. The van der Waals surface area contributed by atoms with Crippen molar-refractivity contribution in [2.75, 3.05) is 9.80 Å². The average molecular weight is 811 g/mol. The zero-order chi connectivity index (χ0) is 42.9. The summed E-state index contributed by atoms with van der Waals surface area (Å²) in [5.41, 5.74) is 17.2. The van der Waals surface area contributed by atoms with Crippen LogP contribution >= 0.6 is 0 Å². The van der Waals surface area contributed by atoms with Crippen LogP contribution in [0, 0.1) is 13.8 Å². The summed E-state index contributed by atoms with van der Waals surface area (Å²) in [5, 5.41) is 7.72. The van der Waals surface area contributed by atoms with Gasteiger partial charge in [-0.2, -0.15) is 5.10 Å². The minimum absolute atomic E-state index is 0.0659. The summed E-state index contributed by atoms with van der Waals surface area (Å²) in [6.07, 6.45) is 3.86. The topological polar surface area (TPSA) is 42.1 Å². The van der Waals surface area contributed by atoms with Crippen molar-refractivity contribution in [3.05, 3.63) is 191 Å². The van der Waals surface area contributed by atoms with Crippen LogP contribution in [-0.2, 0) is 23.7 Å². The molecule has 0 unspecified atom stereocenters. The van der Waals surface area contributed by atoms with Crippen LogP contribution in [0.15, 0.2) is 158 Å². The maximum absolute atomic E-state index is 5.33. The molecular weight excluding hydrogens is 757 g/mol. The number of benzene rings is 6. The second kappa shape index (κ2) is 14.9. The molecule has 9 aromatic rings. The lowest BCUT2D eigenvalue weighted by atomic mass is 9.80. The van der Waals surface area contributed by atoms with E-state index < -0.39 is 0 Å². The molecule has 0 bridgehead atoms. The Kier molecular flexibility index (Phi) is 9.44. The van der Waals surface area contributed by atoms with E-state index in [2.05, 4.69) is 220 Å². The van der Waals surface area contributed by atoms with E-state index in [0.717, 1.165) is 69.5 Å². The van der Waals surface area contributed by atoms with E-state index in [4.69, 9.17) is 10.1 Å². The molecule has 4 heterocycles. The van der Waals surface area contributed by atoms with Gasteiger partial charge in [-0.1, -0.05) is 120 Å². The zero-order valence-electron chi connectivity index (χ0n) is 37.1. The molecule has 0 aliphatic carbocycles. The Labute approximate surface area is 365 Å². The van der Waals surface area contributed by atoms with Gasteiger partial charge in [0.05, 0.1) is 33.8 Å². The maximum Gasteiger partial charge on any atom is 0.137 e. The van der Waals surface area contributed by atoms with Crippen LogP contribution in [-0.4, -0.2) is 19.3 Å². The molecule has 0 N–H and O–H groups in total. The van der Waals surface area contributed by atoms with Crippen LogP contribution in [0.4, 0.5) is 34.1 Å². The smallest absolute Gasteiger partial charge is 0.137 e. The van der Waals surface area contributed by atoms with Crippen molar-refractivity contribution in [3.63, 3.8) is 0 Å². The Balaban J connectivity index is 1.19. The molecule has 0 fully saturated rings. The summed E-state index contributed by atoms with van der Waals surface area (Å²) in [6.45, 7) is 18.2. The Morgan fingerprint density at radius 1 is 0.532 bits per heavy atom. The molecular formula is C56H54N6. The highest BCUT2D eigenvalue weighted by Gasteiger charge is 2.29. The lowest BCUT2D eigenvalue weighted by molar-refractivity contribution is 0.569. The second-order valence-electron chi connectivity index (χ2n) is 18.9. The van der Waals surface area contributed by atoms with Gasteiger partial charge in [0.15, 0.2) is 0 Å². The SMILES string of the molecule is Cc1nn(-c2cccc(N(c3cc(C(C)(C)C)cc(C(C)(C)C)c3)c3ccc4c5ccccc5n(-c5ccccn5)c4c3)c2)c(C)c1N1c2ccccc2CCc2ccccc21. The molecule has 6 aromatic carbocycles. The van der Waals surface area contributed by atoms with Crippen LogP contribution in [0.2, 0.25) is 0 Å². The highest BCUT2D eigenvalue weighted by atomic mass is 15.3. The highest BCUT2D eigenvalue weighted by Crippen LogP contribution is 2.46. The molecule has 1 aliphatic rings. The summed E-state index contributed by atoms with van der Waals surface area (Å²) in [6, 6.07) is 55.4. The van der Waals surface area contributed by atoms with Gasteiger partial charge in [-0.05, 0) is 133 Å². The Morgan fingerprint density at radius 3 is 1.81 bits per heavy atom. The number of pyridine rings is 1. The summed E-state index contributed by atoms with van der Waals surface area (Å²) in [4.78, 5) is 9.73.